The average Bonchev–Trinajstić information content (AvgIpc) is 3.00. The van der Waals surface area contributed by atoms with Crippen molar-refractivity contribution in [3.8, 4) is 0 Å². The fourth-order valence-corrected chi connectivity index (χ4v) is 3.34. The summed E-state index contributed by atoms with van der Waals surface area (Å²) in [5, 5.41) is 2.94. The van der Waals surface area contributed by atoms with Crippen molar-refractivity contribution in [3.63, 3.8) is 0 Å². The Kier molecular flexibility index (Phi) is 4.39. The van der Waals surface area contributed by atoms with E-state index in [4.69, 9.17) is 0 Å². The molecule has 1 amide bonds. The van der Waals surface area contributed by atoms with Crippen molar-refractivity contribution >= 4 is 16.7 Å². The van der Waals surface area contributed by atoms with E-state index in [1.807, 2.05) is 0 Å². The lowest BCUT2D eigenvalue weighted by Crippen LogP contribution is -2.22. The third-order valence-corrected chi connectivity index (χ3v) is 5.00. The standard InChI is InChI=1S/C18H19NO2S/c1-22(21)17-9-7-15(8-10-17)18(20)19-12-13-5-6-14-3-2-4-16(14)11-13/h5-11H,2-4,12H2,1H3,(H,19,20)/t22-/m0/s1. The summed E-state index contributed by atoms with van der Waals surface area (Å²) in [6.45, 7) is 0.535. The van der Waals surface area contributed by atoms with Crippen molar-refractivity contribution in [1.29, 1.82) is 0 Å². The quantitative estimate of drug-likeness (QED) is 0.943. The Morgan fingerprint density at radius 3 is 2.55 bits per heavy atom. The highest BCUT2D eigenvalue weighted by atomic mass is 32.2. The van der Waals surface area contributed by atoms with E-state index < -0.39 is 10.8 Å². The van der Waals surface area contributed by atoms with Gasteiger partial charge in [0.2, 0.25) is 0 Å². The summed E-state index contributed by atoms with van der Waals surface area (Å²) in [6, 6.07) is 13.4. The lowest BCUT2D eigenvalue weighted by Gasteiger charge is -2.08. The molecule has 0 saturated carbocycles. The Morgan fingerprint density at radius 2 is 1.82 bits per heavy atom. The van der Waals surface area contributed by atoms with Crippen molar-refractivity contribution in [1.82, 2.24) is 5.32 Å². The molecule has 3 nitrogen and oxygen atoms in total. The van der Waals surface area contributed by atoms with Gasteiger partial charge in [-0.05, 0) is 60.2 Å². The molecular formula is C18H19NO2S. The average molecular weight is 313 g/mol. The number of hydrogen-bond donors (Lipinski definition) is 1. The van der Waals surface area contributed by atoms with Crippen LogP contribution in [-0.2, 0) is 30.2 Å². The minimum absolute atomic E-state index is 0.103. The Hall–Kier alpha value is -1.94. The fraction of sp³-hybridized carbons (Fsp3) is 0.278. The van der Waals surface area contributed by atoms with Gasteiger partial charge in [0.1, 0.15) is 0 Å². The normalized spacial score (nSPS) is 14.4. The van der Waals surface area contributed by atoms with Crippen LogP contribution in [0.2, 0.25) is 0 Å². The number of rotatable bonds is 4. The second kappa shape index (κ2) is 6.44. The van der Waals surface area contributed by atoms with Gasteiger partial charge in [-0.3, -0.25) is 9.00 Å². The molecule has 0 radical (unpaired) electrons. The van der Waals surface area contributed by atoms with Crippen LogP contribution in [-0.4, -0.2) is 16.4 Å². The zero-order chi connectivity index (χ0) is 15.5. The zero-order valence-corrected chi connectivity index (χ0v) is 13.4. The molecule has 114 valence electrons. The van der Waals surface area contributed by atoms with E-state index in [-0.39, 0.29) is 5.91 Å². The van der Waals surface area contributed by atoms with Gasteiger partial charge in [-0.15, -0.1) is 0 Å². The SMILES string of the molecule is C[S@](=O)c1ccc(C(=O)NCc2ccc3c(c2)CCC3)cc1. The maximum atomic E-state index is 12.1. The van der Waals surface area contributed by atoms with E-state index in [2.05, 4.69) is 23.5 Å². The van der Waals surface area contributed by atoms with Crippen molar-refractivity contribution in [2.45, 2.75) is 30.7 Å². The summed E-state index contributed by atoms with van der Waals surface area (Å²) in [7, 11) is -1.02. The molecule has 0 fully saturated rings. The van der Waals surface area contributed by atoms with Gasteiger partial charge in [0.15, 0.2) is 0 Å². The molecule has 0 heterocycles. The number of carbonyl (C=O) groups excluding carboxylic acids is 1. The first-order valence-corrected chi connectivity index (χ1v) is 9.01. The van der Waals surface area contributed by atoms with Gasteiger partial charge in [0.05, 0.1) is 0 Å². The van der Waals surface area contributed by atoms with Crippen LogP contribution in [0.4, 0.5) is 0 Å². The summed E-state index contributed by atoms with van der Waals surface area (Å²) in [5.41, 5.74) is 4.59. The van der Waals surface area contributed by atoms with Gasteiger partial charge >= 0.3 is 0 Å². The van der Waals surface area contributed by atoms with E-state index in [0.717, 1.165) is 16.9 Å². The van der Waals surface area contributed by atoms with Crippen LogP contribution < -0.4 is 5.32 Å². The maximum Gasteiger partial charge on any atom is 0.251 e. The zero-order valence-electron chi connectivity index (χ0n) is 12.6. The summed E-state index contributed by atoms with van der Waals surface area (Å²) >= 11 is 0. The molecule has 1 aliphatic rings. The highest BCUT2D eigenvalue weighted by molar-refractivity contribution is 7.84. The van der Waals surface area contributed by atoms with Crippen LogP contribution in [0.1, 0.15) is 33.5 Å². The number of benzene rings is 2. The van der Waals surface area contributed by atoms with Crippen LogP contribution >= 0.6 is 0 Å². The first kappa shape index (κ1) is 15.0. The monoisotopic (exact) mass is 313 g/mol. The van der Waals surface area contributed by atoms with Crippen LogP contribution in [0.5, 0.6) is 0 Å². The number of nitrogens with one attached hydrogen (secondary N) is 1. The van der Waals surface area contributed by atoms with E-state index >= 15 is 0 Å². The molecule has 0 saturated heterocycles. The molecule has 22 heavy (non-hydrogen) atoms. The molecule has 1 aliphatic carbocycles. The number of hydrogen-bond acceptors (Lipinski definition) is 2. The number of fused-ring (bicyclic) bond motifs is 1. The van der Waals surface area contributed by atoms with Crippen molar-refractivity contribution in [2.24, 2.45) is 0 Å². The van der Waals surface area contributed by atoms with Gasteiger partial charge in [-0.2, -0.15) is 0 Å². The van der Waals surface area contributed by atoms with Gasteiger partial charge in [0, 0.05) is 34.1 Å². The minimum Gasteiger partial charge on any atom is -0.348 e. The second-order valence-corrected chi connectivity index (χ2v) is 7.00. The summed E-state index contributed by atoms with van der Waals surface area (Å²) < 4.78 is 11.3. The molecular weight excluding hydrogens is 294 g/mol. The Morgan fingerprint density at radius 1 is 1.09 bits per heavy atom. The highest BCUT2D eigenvalue weighted by Gasteiger charge is 2.11. The Bertz CT molecular complexity index is 722. The molecule has 2 aromatic rings. The fourth-order valence-electron chi connectivity index (χ4n) is 2.82. The molecule has 2 aromatic carbocycles. The summed E-state index contributed by atoms with van der Waals surface area (Å²) in [4.78, 5) is 12.9. The van der Waals surface area contributed by atoms with E-state index in [1.165, 1.54) is 24.0 Å². The third kappa shape index (κ3) is 3.28. The third-order valence-electron chi connectivity index (χ3n) is 4.06. The van der Waals surface area contributed by atoms with Crippen molar-refractivity contribution < 1.29 is 9.00 Å². The maximum absolute atomic E-state index is 12.1. The van der Waals surface area contributed by atoms with E-state index in [9.17, 15) is 9.00 Å². The van der Waals surface area contributed by atoms with Crippen LogP contribution in [0, 0.1) is 0 Å². The summed E-state index contributed by atoms with van der Waals surface area (Å²) in [6.07, 6.45) is 5.18. The predicted molar refractivity (Wildman–Crippen MR) is 88.4 cm³/mol. The molecule has 4 heteroatoms. The predicted octanol–water partition coefficient (Wildman–Crippen LogP) is 2.84. The summed E-state index contributed by atoms with van der Waals surface area (Å²) in [5.74, 6) is -0.103. The number of carbonyl (C=O) groups is 1. The first-order chi connectivity index (χ1) is 10.6. The molecule has 1 atom stereocenters. The van der Waals surface area contributed by atoms with Gasteiger partial charge in [-0.1, -0.05) is 18.2 Å². The highest BCUT2D eigenvalue weighted by Crippen LogP contribution is 2.22. The molecule has 0 bridgehead atoms. The Balaban J connectivity index is 1.63. The van der Waals surface area contributed by atoms with E-state index in [0.29, 0.717) is 12.1 Å². The minimum atomic E-state index is -1.02. The number of amides is 1. The lowest BCUT2D eigenvalue weighted by molar-refractivity contribution is 0.0951. The first-order valence-electron chi connectivity index (χ1n) is 7.46. The molecule has 0 aromatic heterocycles. The van der Waals surface area contributed by atoms with Gasteiger partial charge in [-0.25, -0.2) is 0 Å². The van der Waals surface area contributed by atoms with E-state index in [1.54, 1.807) is 30.5 Å². The van der Waals surface area contributed by atoms with Gasteiger partial charge < -0.3 is 5.32 Å². The van der Waals surface area contributed by atoms with Crippen LogP contribution in [0.15, 0.2) is 47.4 Å². The number of aryl methyl sites for hydroxylation is 2. The molecule has 0 aliphatic heterocycles. The largest absolute Gasteiger partial charge is 0.348 e. The molecule has 0 spiro atoms. The second-order valence-electron chi connectivity index (χ2n) is 5.62. The topological polar surface area (TPSA) is 46.2 Å². The van der Waals surface area contributed by atoms with Crippen LogP contribution in [0.3, 0.4) is 0 Å². The smallest absolute Gasteiger partial charge is 0.251 e. The van der Waals surface area contributed by atoms with Crippen molar-refractivity contribution in [2.75, 3.05) is 6.26 Å². The van der Waals surface area contributed by atoms with Gasteiger partial charge in [0.25, 0.3) is 5.91 Å². The Labute approximate surface area is 133 Å². The molecule has 0 unspecified atom stereocenters. The molecule has 1 N–H and O–H groups in total. The van der Waals surface area contributed by atoms with Crippen molar-refractivity contribution in [3.05, 3.63) is 64.7 Å². The van der Waals surface area contributed by atoms with Crippen LogP contribution in [0.25, 0.3) is 0 Å². The molecule has 3 rings (SSSR count). The lowest BCUT2D eigenvalue weighted by atomic mass is 10.1.